The largest absolute Gasteiger partial charge is 0.382 e. The van der Waals surface area contributed by atoms with E-state index in [4.69, 9.17) is 4.18 Å². The van der Waals surface area contributed by atoms with Gasteiger partial charge in [-0.05, 0) is 32.0 Å². The smallest absolute Gasteiger partial charge is 0.311 e. The zero-order chi connectivity index (χ0) is 14.0. The fraction of sp³-hybridized carbons (Fsp3) is 0.467. The molecule has 0 aromatic heterocycles. The van der Waals surface area contributed by atoms with Crippen LogP contribution in [-0.2, 0) is 14.3 Å². The third kappa shape index (κ3) is 3.04. The van der Waals surface area contributed by atoms with Crippen molar-refractivity contribution in [3.63, 3.8) is 0 Å². The second-order valence-electron chi connectivity index (χ2n) is 5.37. The summed E-state index contributed by atoms with van der Waals surface area (Å²) < 4.78 is 29.2. The molecule has 20 heavy (non-hydrogen) atoms. The number of nitrogens with zero attached hydrogens (tertiary/aromatic N) is 1. The predicted octanol–water partition coefficient (Wildman–Crippen LogP) is 2.24. The van der Waals surface area contributed by atoms with Crippen LogP contribution in [0.15, 0.2) is 36.4 Å². The maximum atomic E-state index is 12.0. The first-order valence-electron chi connectivity index (χ1n) is 7.07. The zero-order valence-electron chi connectivity index (χ0n) is 11.4. The van der Waals surface area contributed by atoms with Crippen LogP contribution in [0.25, 0.3) is 5.76 Å². The van der Waals surface area contributed by atoms with Gasteiger partial charge in [0.2, 0.25) is 0 Å². The molecule has 0 N–H and O–H groups in total. The Balaban J connectivity index is 1.90. The summed E-state index contributed by atoms with van der Waals surface area (Å²) in [7, 11) is -3.49. The Hall–Kier alpha value is -1.33. The Morgan fingerprint density at radius 2 is 1.75 bits per heavy atom. The van der Waals surface area contributed by atoms with Crippen LogP contribution in [0.4, 0.5) is 0 Å². The molecule has 2 heterocycles. The van der Waals surface area contributed by atoms with Crippen molar-refractivity contribution >= 4 is 15.9 Å². The third-order valence-corrected chi connectivity index (χ3v) is 5.04. The molecule has 1 aromatic carbocycles. The monoisotopic (exact) mass is 293 g/mol. The van der Waals surface area contributed by atoms with Gasteiger partial charge in [-0.25, -0.2) is 0 Å². The molecule has 0 radical (unpaired) electrons. The summed E-state index contributed by atoms with van der Waals surface area (Å²) in [6.45, 7) is 1.94. The lowest BCUT2D eigenvalue weighted by Gasteiger charge is -2.34. The Labute approximate surface area is 120 Å². The molecule has 0 spiro atoms. The number of benzene rings is 1. The molecule has 1 saturated heterocycles. The van der Waals surface area contributed by atoms with Gasteiger partial charge in [-0.1, -0.05) is 36.8 Å². The Morgan fingerprint density at radius 3 is 2.45 bits per heavy atom. The molecule has 5 heteroatoms. The SMILES string of the molecule is O=S1(=O)C[C@@H](N2CCCCC2)C=C(c2ccccc2)O1. The minimum atomic E-state index is -3.49. The minimum absolute atomic E-state index is 0.0589. The van der Waals surface area contributed by atoms with Crippen LogP contribution in [0.3, 0.4) is 0 Å². The molecular formula is C15H19NO3S. The maximum Gasteiger partial charge on any atom is 0.311 e. The van der Waals surface area contributed by atoms with E-state index < -0.39 is 10.1 Å². The van der Waals surface area contributed by atoms with Gasteiger partial charge in [-0.2, -0.15) is 8.42 Å². The van der Waals surface area contributed by atoms with Crippen LogP contribution < -0.4 is 0 Å². The summed E-state index contributed by atoms with van der Waals surface area (Å²) in [5.74, 6) is 0.524. The van der Waals surface area contributed by atoms with E-state index in [-0.39, 0.29) is 11.8 Å². The minimum Gasteiger partial charge on any atom is -0.382 e. The maximum absolute atomic E-state index is 12.0. The summed E-state index contributed by atoms with van der Waals surface area (Å²) in [5.41, 5.74) is 0.817. The lowest BCUT2D eigenvalue weighted by molar-refractivity contribution is 0.197. The molecule has 108 valence electrons. The van der Waals surface area contributed by atoms with E-state index >= 15 is 0 Å². The summed E-state index contributed by atoms with van der Waals surface area (Å²) in [4.78, 5) is 2.26. The topological polar surface area (TPSA) is 46.6 Å². The first-order chi connectivity index (χ1) is 9.64. The van der Waals surface area contributed by atoms with Crippen molar-refractivity contribution in [2.75, 3.05) is 18.8 Å². The average molecular weight is 293 g/mol. The van der Waals surface area contributed by atoms with E-state index in [1.807, 2.05) is 36.4 Å². The molecule has 0 amide bonds. The van der Waals surface area contributed by atoms with Gasteiger partial charge < -0.3 is 4.18 Å². The van der Waals surface area contributed by atoms with Crippen molar-refractivity contribution in [3.8, 4) is 0 Å². The average Bonchev–Trinajstić information content (AvgIpc) is 2.47. The number of likely N-dealkylation sites (tertiary alicyclic amines) is 1. The van der Waals surface area contributed by atoms with Gasteiger partial charge in [-0.15, -0.1) is 0 Å². The summed E-state index contributed by atoms with van der Waals surface area (Å²) in [6, 6.07) is 9.36. The fourth-order valence-electron chi connectivity index (χ4n) is 2.84. The predicted molar refractivity (Wildman–Crippen MR) is 78.5 cm³/mol. The standard InChI is InChI=1S/C15H19NO3S/c17-20(18)12-14(16-9-5-2-6-10-16)11-15(19-20)13-7-3-1-4-8-13/h1,3-4,7-8,11,14H,2,5-6,9-10,12H2/t14-/m0/s1. The quantitative estimate of drug-likeness (QED) is 0.785. The van der Waals surface area contributed by atoms with Crippen LogP contribution in [0.5, 0.6) is 0 Å². The molecule has 1 aromatic rings. The van der Waals surface area contributed by atoms with E-state index in [0.717, 1.165) is 31.5 Å². The van der Waals surface area contributed by atoms with Crippen molar-refractivity contribution in [2.45, 2.75) is 25.3 Å². The van der Waals surface area contributed by atoms with E-state index in [2.05, 4.69) is 4.90 Å². The van der Waals surface area contributed by atoms with Crippen molar-refractivity contribution in [1.29, 1.82) is 0 Å². The second-order valence-corrected chi connectivity index (χ2v) is 6.98. The highest BCUT2D eigenvalue weighted by Gasteiger charge is 2.31. The van der Waals surface area contributed by atoms with Crippen LogP contribution >= 0.6 is 0 Å². The zero-order valence-corrected chi connectivity index (χ0v) is 12.2. The highest BCUT2D eigenvalue weighted by atomic mass is 32.2. The van der Waals surface area contributed by atoms with Gasteiger partial charge in [0.05, 0.1) is 0 Å². The molecule has 3 rings (SSSR count). The molecule has 2 aliphatic rings. The van der Waals surface area contributed by atoms with Crippen molar-refractivity contribution in [1.82, 2.24) is 4.90 Å². The van der Waals surface area contributed by atoms with Crippen molar-refractivity contribution in [2.24, 2.45) is 0 Å². The van der Waals surface area contributed by atoms with Crippen LogP contribution in [0, 0.1) is 0 Å². The summed E-state index contributed by atoms with van der Waals surface area (Å²) >= 11 is 0. The van der Waals surface area contributed by atoms with E-state index in [9.17, 15) is 8.42 Å². The lowest BCUT2D eigenvalue weighted by atomic mass is 10.1. The van der Waals surface area contributed by atoms with Gasteiger partial charge in [0, 0.05) is 11.6 Å². The van der Waals surface area contributed by atoms with Gasteiger partial charge in [-0.3, -0.25) is 4.90 Å². The second kappa shape index (κ2) is 5.58. The van der Waals surface area contributed by atoms with Crippen LogP contribution in [0.2, 0.25) is 0 Å². The normalized spacial score (nSPS) is 26.6. The first-order valence-corrected chi connectivity index (χ1v) is 8.65. The number of hydrogen-bond acceptors (Lipinski definition) is 4. The molecule has 1 atom stereocenters. The number of piperidine rings is 1. The molecular weight excluding hydrogens is 274 g/mol. The number of hydrogen-bond donors (Lipinski definition) is 0. The van der Waals surface area contributed by atoms with Crippen molar-refractivity contribution < 1.29 is 12.6 Å². The van der Waals surface area contributed by atoms with Gasteiger partial charge in [0.1, 0.15) is 11.5 Å². The highest BCUT2D eigenvalue weighted by molar-refractivity contribution is 7.87. The molecule has 0 aliphatic carbocycles. The van der Waals surface area contributed by atoms with E-state index in [1.165, 1.54) is 6.42 Å². The van der Waals surface area contributed by atoms with Crippen LogP contribution in [0.1, 0.15) is 24.8 Å². The van der Waals surface area contributed by atoms with Gasteiger partial charge >= 0.3 is 10.1 Å². The summed E-state index contributed by atoms with van der Waals surface area (Å²) in [6.07, 6.45) is 5.49. The summed E-state index contributed by atoms with van der Waals surface area (Å²) in [5, 5.41) is 0. The van der Waals surface area contributed by atoms with E-state index in [1.54, 1.807) is 0 Å². The highest BCUT2D eigenvalue weighted by Crippen LogP contribution is 2.27. The molecule has 4 nitrogen and oxygen atoms in total. The molecule has 0 unspecified atom stereocenters. The molecule has 1 fully saturated rings. The fourth-order valence-corrected chi connectivity index (χ4v) is 4.06. The first kappa shape index (κ1) is 13.6. The lowest BCUT2D eigenvalue weighted by Crippen LogP contribution is -2.44. The molecule has 0 saturated carbocycles. The molecule has 0 bridgehead atoms. The van der Waals surface area contributed by atoms with Crippen LogP contribution in [-0.4, -0.2) is 38.2 Å². The van der Waals surface area contributed by atoms with Crippen molar-refractivity contribution in [3.05, 3.63) is 42.0 Å². The Morgan fingerprint density at radius 1 is 1.05 bits per heavy atom. The Kier molecular flexibility index (Phi) is 3.81. The Bertz CT molecular complexity index is 589. The molecule has 2 aliphatic heterocycles. The number of rotatable bonds is 2. The van der Waals surface area contributed by atoms with Gasteiger partial charge in [0.25, 0.3) is 0 Å². The van der Waals surface area contributed by atoms with E-state index in [0.29, 0.717) is 5.76 Å². The van der Waals surface area contributed by atoms with Gasteiger partial charge in [0.15, 0.2) is 0 Å². The third-order valence-electron chi connectivity index (χ3n) is 3.85.